The lowest BCUT2D eigenvalue weighted by Crippen LogP contribution is -2.00. The molecule has 0 aliphatic carbocycles. The number of nitrogens with zero attached hydrogens (tertiary/aromatic N) is 4. The van der Waals surface area contributed by atoms with Gasteiger partial charge in [-0.15, -0.1) is 11.3 Å². The molecule has 0 saturated heterocycles. The number of fused-ring (bicyclic) bond motifs is 10. The van der Waals surface area contributed by atoms with Crippen LogP contribution in [0.3, 0.4) is 0 Å². The summed E-state index contributed by atoms with van der Waals surface area (Å²) in [5.41, 5.74) is 8.01. The van der Waals surface area contributed by atoms with E-state index in [2.05, 4.69) is 95.6 Å². The van der Waals surface area contributed by atoms with Gasteiger partial charge in [-0.2, -0.15) is 0 Å². The molecule has 4 aromatic heterocycles. The zero-order valence-electron chi connectivity index (χ0n) is 27.1. The molecule has 0 amide bonds. The fourth-order valence-corrected chi connectivity index (χ4v) is 8.74. The van der Waals surface area contributed by atoms with E-state index in [1.165, 1.54) is 42.0 Å². The van der Waals surface area contributed by atoms with E-state index in [4.69, 9.17) is 19.4 Å². The predicted octanol–water partition coefficient (Wildman–Crippen LogP) is 12.2. The molecule has 11 rings (SSSR count). The number of furan rings is 1. The highest BCUT2D eigenvalue weighted by Gasteiger charge is 2.21. The van der Waals surface area contributed by atoms with E-state index in [0.29, 0.717) is 17.5 Å². The van der Waals surface area contributed by atoms with Gasteiger partial charge in [-0.1, -0.05) is 103 Å². The smallest absolute Gasteiger partial charge is 0.164 e. The van der Waals surface area contributed by atoms with Crippen LogP contribution in [0.1, 0.15) is 0 Å². The summed E-state index contributed by atoms with van der Waals surface area (Å²) in [5.74, 6) is 1.89. The molecule has 5 nitrogen and oxygen atoms in total. The molecule has 0 fully saturated rings. The van der Waals surface area contributed by atoms with Crippen molar-refractivity contribution in [3.63, 3.8) is 0 Å². The van der Waals surface area contributed by atoms with E-state index in [1.807, 2.05) is 78.1 Å². The van der Waals surface area contributed by atoms with Gasteiger partial charge in [0.2, 0.25) is 0 Å². The Morgan fingerprint density at radius 1 is 0.412 bits per heavy atom. The minimum Gasteiger partial charge on any atom is -0.456 e. The monoisotopic (exact) mass is 670 g/mol. The second-order valence-electron chi connectivity index (χ2n) is 12.8. The Labute approximate surface area is 295 Å². The number of aromatic nitrogens is 4. The van der Waals surface area contributed by atoms with Crippen molar-refractivity contribution < 1.29 is 4.42 Å². The van der Waals surface area contributed by atoms with Crippen molar-refractivity contribution in [3.05, 3.63) is 158 Å². The van der Waals surface area contributed by atoms with Crippen LogP contribution in [0.25, 0.3) is 104 Å². The first-order valence-electron chi connectivity index (χ1n) is 16.9. The Bertz CT molecular complexity index is 3030. The quantitative estimate of drug-likeness (QED) is 0.187. The van der Waals surface area contributed by atoms with Crippen LogP contribution in [0.5, 0.6) is 0 Å². The topological polar surface area (TPSA) is 56.7 Å². The minimum atomic E-state index is 0.618. The summed E-state index contributed by atoms with van der Waals surface area (Å²) < 4.78 is 11.5. The van der Waals surface area contributed by atoms with Gasteiger partial charge in [0.05, 0.1) is 16.7 Å². The summed E-state index contributed by atoms with van der Waals surface area (Å²) in [6.45, 7) is 0. The second-order valence-corrected chi connectivity index (χ2v) is 13.9. The lowest BCUT2D eigenvalue weighted by Gasteiger charge is -2.10. The third-order valence-corrected chi connectivity index (χ3v) is 11.0. The highest BCUT2D eigenvalue weighted by molar-refractivity contribution is 7.26. The van der Waals surface area contributed by atoms with Crippen molar-refractivity contribution in [2.45, 2.75) is 0 Å². The third-order valence-electron chi connectivity index (χ3n) is 9.85. The summed E-state index contributed by atoms with van der Waals surface area (Å²) in [4.78, 5) is 15.0. The van der Waals surface area contributed by atoms with Crippen molar-refractivity contribution in [1.82, 2.24) is 19.5 Å². The van der Waals surface area contributed by atoms with Crippen LogP contribution in [0.2, 0.25) is 0 Å². The van der Waals surface area contributed by atoms with Gasteiger partial charge >= 0.3 is 0 Å². The second kappa shape index (κ2) is 10.9. The molecule has 0 aliphatic heterocycles. The number of para-hydroxylation sites is 2. The van der Waals surface area contributed by atoms with E-state index >= 15 is 0 Å². The van der Waals surface area contributed by atoms with Crippen LogP contribution in [0, 0.1) is 0 Å². The first kappa shape index (κ1) is 28.2. The van der Waals surface area contributed by atoms with Gasteiger partial charge in [-0.3, -0.25) is 0 Å². The summed E-state index contributed by atoms with van der Waals surface area (Å²) in [6, 6.07) is 54.8. The van der Waals surface area contributed by atoms with Crippen molar-refractivity contribution >= 4 is 75.3 Å². The van der Waals surface area contributed by atoms with E-state index in [9.17, 15) is 0 Å². The maximum absolute atomic E-state index is 6.57. The summed E-state index contributed by atoms with van der Waals surface area (Å²) in [5, 5.41) is 7.05. The maximum Gasteiger partial charge on any atom is 0.164 e. The largest absolute Gasteiger partial charge is 0.456 e. The van der Waals surface area contributed by atoms with Gasteiger partial charge in [0.15, 0.2) is 17.5 Å². The zero-order valence-corrected chi connectivity index (χ0v) is 27.9. The van der Waals surface area contributed by atoms with Gasteiger partial charge in [0.25, 0.3) is 0 Å². The van der Waals surface area contributed by atoms with Crippen LogP contribution in [0.15, 0.2) is 162 Å². The molecule has 6 heteroatoms. The lowest BCUT2D eigenvalue weighted by atomic mass is 10.0. The van der Waals surface area contributed by atoms with Crippen LogP contribution in [0.4, 0.5) is 0 Å². The molecule has 0 N–H and O–H groups in total. The Balaban J connectivity index is 1.20. The molecule has 7 aromatic carbocycles. The Morgan fingerprint density at radius 3 is 1.65 bits per heavy atom. The fraction of sp³-hybridized carbons (Fsp3) is 0. The Morgan fingerprint density at radius 2 is 0.980 bits per heavy atom. The molecule has 0 bridgehead atoms. The molecular formula is C45H26N4OS. The Hall–Kier alpha value is -6.63. The molecule has 51 heavy (non-hydrogen) atoms. The van der Waals surface area contributed by atoms with Crippen LogP contribution in [-0.4, -0.2) is 19.5 Å². The van der Waals surface area contributed by atoms with Crippen LogP contribution >= 0.6 is 11.3 Å². The van der Waals surface area contributed by atoms with Crippen molar-refractivity contribution in [3.8, 4) is 39.9 Å². The third kappa shape index (κ3) is 4.30. The van der Waals surface area contributed by atoms with Crippen molar-refractivity contribution in [1.29, 1.82) is 0 Å². The molecule has 0 atom stereocenters. The molecule has 0 radical (unpaired) electrons. The zero-order chi connectivity index (χ0) is 33.5. The molecule has 0 spiro atoms. The number of hydrogen-bond donors (Lipinski definition) is 0. The summed E-state index contributed by atoms with van der Waals surface area (Å²) >= 11 is 1.82. The first-order valence-corrected chi connectivity index (χ1v) is 17.8. The van der Waals surface area contributed by atoms with Gasteiger partial charge < -0.3 is 8.98 Å². The van der Waals surface area contributed by atoms with Gasteiger partial charge in [-0.25, -0.2) is 15.0 Å². The van der Waals surface area contributed by atoms with E-state index in [-0.39, 0.29) is 0 Å². The highest BCUT2D eigenvalue weighted by Crippen LogP contribution is 2.46. The van der Waals surface area contributed by atoms with E-state index in [0.717, 1.165) is 44.3 Å². The lowest BCUT2D eigenvalue weighted by molar-refractivity contribution is 0.669. The molecule has 0 unspecified atom stereocenters. The maximum atomic E-state index is 6.57. The molecule has 4 heterocycles. The van der Waals surface area contributed by atoms with E-state index < -0.39 is 0 Å². The number of thiophene rings is 1. The fourth-order valence-electron chi connectivity index (χ4n) is 7.60. The minimum absolute atomic E-state index is 0.618. The number of hydrogen-bond acceptors (Lipinski definition) is 5. The summed E-state index contributed by atoms with van der Waals surface area (Å²) in [7, 11) is 0. The molecule has 238 valence electrons. The highest BCUT2D eigenvalue weighted by atomic mass is 32.1. The number of benzene rings is 7. The molecular weight excluding hydrogens is 645 g/mol. The van der Waals surface area contributed by atoms with Gasteiger partial charge in [0.1, 0.15) is 11.2 Å². The first-order chi connectivity index (χ1) is 25.3. The van der Waals surface area contributed by atoms with Gasteiger partial charge in [-0.05, 0) is 54.6 Å². The predicted molar refractivity (Wildman–Crippen MR) is 211 cm³/mol. The number of rotatable bonds is 4. The van der Waals surface area contributed by atoms with Crippen molar-refractivity contribution in [2.24, 2.45) is 0 Å². The molecule has 11 aromatic rings. The standard InChI is InChI=1S/C45H26N4OS/c1-3-12-27(13-4-1)43-46-44(28-14-5-2-6-15-28)48-45(47-43)29-22-23-36-32(26-29)40-37(50-36)24-25-39-42(40)41-35(20-11-21-38(41)51-39)49-33-18-9-7-16-30(33)31-17-8-10-19-34(31)49/h1-26H. The molecule has 0 saturated carbocycles. The van der Waals surface area contributed by atoms with E-state index in [1.54, 1.807) is 0 Å². The molecule has 0 aliphatic rings. The van der Waals surface area contributed by atoms with Crippen LogP contribution < -0.4 is 0 Å². The van der Waals surface area contributed by atoms with Crippen LogP contribution in [-0.2, 0) is 0 Å². The van der Waals surface area contributed by atoms with Gasteiger partial charge in [0, 0.05) is 58.4 Å². The average molecular weight is 671 g/mol. The summed E-state index contributed by atoms with van der Waals surface area (Å²) in [6.07, 6.45) is 0. The normalized spacial score (nSPS) is 11.9. The SMILES string of the molecule is c1ccc(-c2nc(-c3ccccc3)nc(-c3ccc4oc5ccc6sc7cccc(-n8c9ccccc9c9ccccc98)c7c6c5c4c3)n2)cc1. The Kier molecular flexibility index (Phi) is 6.05. The average Bonchev–Trinajstić information content (AvgIpc) is 3.87. The van der Waals surface area contributed by atoms with Crippen molar-refractivity contribution in [2.75, 3.05) is 0 Å².